The third-order valence-electron chi connectivity index (χ3n) is 3.91. The molecule has 94 valence electrons. The van der Waals surface area contributed by atoms with Crippen molar-refractivity contribution in [3.63, 3.8) is 0 Å². The molecule has 1 saturated heterocycles. The lowest BCUT2D eigenvalue weighted by atomic mass is 9.88. The zero-order valence-electron chi connectivity index (χ0n) is 10.9. The molecule has 0 amide bonds. The molecule has 1 unspecified atom stereocenters. The summed E-state index contributed by atoms with van der Waals surface area (Å²) in [5, 5.41) is 4.80. The molecule has 0 aliphatic carbocycles. The molecule has 1 fully saturated rings. The summed E-state index contributed by atoms with van der Waals surface area (Å²) in [6.07, 6.45) is 4.29. The van der Waals surface area contributed by atoms with E-state index in [1.807, 2.05) is 18.3 Å². The number of hydrogen-bond acceptors (Lipinski definition) is 3. The van der Waals surface area contributed by atoms with Gasteiger partial charge in [0.15, 0.2) is 0 Å². The standard InChI is InChI=1S/C15H18N2O/c1-15(7-3-8-17-15)13-6-9-16-14-5-4-11(18-2)10-12(13)14/h4-6,9-10,17H,3,7-8H2,1-2H3. The summed E-state index contributed by atoms with van der Waals surface area (Å²) in [5.74, 6) is 0.887. The first-order chi connectivity index (χ1) is 8.73. The van der Waals surface area contributed by atoms with Gasteiger partial charge in [0.25, 0.3) is 0 Å². The number of nitrogens with zero attached hydrogens (tertiary/aromatic N) is 1. The average molecular weight is 242 g/mol. The molecule has 1 aliphatic rings. The van der Waals surface area contributed by atoms with Crippen LogP contribution in [0.1, 0.15) is 25.3 Å². The van der Waals surface area contributed by atoms with Crippen LogP contribution in [0.2, 0.25) is 0 Å². The SMILES string of the molecule is COc1ccc2nccc(C3(C)CCCN3)c2c1. The van der Waals surface area contributed by atoms with E-state index < -0.39 is 0 Å². The lowest BCUT2D eigenvalue weighted by Crippen LogP contribution is -2.33. The van der Waals surface area contributed by atoms with E-state index in [9.17, 15) is 0 Å². The van der Waals surface area contributed by atoms with Gasteiger partial charge < -0.3 is 10.1 Å². The van der Waals surface area contributed by atoms with Crippen molar-refractivity contribution in [2.45, 2.75) is 25.3 Å². The van der Waals surface area contributed by atoms with Crippen molar-refractivity contribution in [1.29, 1.82) is 0 Å². The van der Waals surface area contributed by atoms with Crippen LogP contribution in [0.5, 0.6) is 5.75 Å². The number of ether oxygens (including phenoxy) is 1. The van der Waals surface area contributed by atoms with Gasteiger partial charge in [-0.1, -0.05) is 0 Å². The van der Waals surface area contributed by atoms with E-state index >= 15 is 0 Å². The first-order valence-electron chi connectivity index (χ1n) is 6.41. The van der Waals surface area contributed by atoms with Crippen LogP contribution in [0.15, 0.2) is 30.5 Å². The smallest absolute Gasteiger partial charge is 0.119 e. The van der Waals surface area contributed by atoms with Gasteiger partial charge >= 0.3 is 0 Å². The predicted molar refractivity (Wildman–Crippen MR) is 72.9 cm³/mol. The number of aromatic nitrogens is 1. The fourth-order valence-corrected chi connectivity index (χ4v) is 2.86. The van der Waals surface area contributed by atoms with Gasteiger partial charge in [0, 0.05) is 17.1 Å². The van der Waals surface area contributed by atoms with E-state index in [1.54, 1.807) is 7.11 Å². The fourth-order valence-electron chi connectivity index (χ4n) is 2.86. The van der Waals surface area contributed by atoms with Gasteiger partial charge in [-0.2, -0.15) is 0 Å². The summed E-state index contributed by atoms with van der Waals surface area (Å²) in [7, 11) is 1.70. The molecule has 3 nitrogen and oxygen atoms in total. The van der Waals surface area contributed by atoms with E-state index in [2.05, 4.69) is 29.4 Å². The molecule has 0 saturated carbocycles. The molecule has 0 spiro atoms. The van der Waals surface area contributed by atoms with Crippen LogP contribution in [0, 0.1) is 0 Å². The van der Waals surface area contributed by atoms with Crippen molar-refractivity contribution in [2.24, 2.45) is 0 Å². The first kappa shape index (κ1) is 11.5. The molecule has 0 radical (unpaired) electrons. The van der Waals surface area contributed by atoms with Crippen LogP contribution in [-0.2, 0) is 5.54 Å². The van der Waals surface area contributed by atoms with Gasteiger partial charge in [0.1, 0.15) is 5.75 Å². The number of fused-ring (bicyclic) bond motifs is 1. The number of hydrogen-bond donors (Lipinski definition) is 1. The lowest BCUT2D eigenvalue weighted by molar-refractivity contribution is 0.414. The van der Waals surface area contributed by atoms with Crippen molar-refractivity contribution >= 4 is 10.9 Å². The van der Waals surface area contributed by atoms with E-state index in [4.69, 9.17) is 4.74 Å². The van der Waals surface area contributed by atoms with Gasteiger partial charge in [0.2, 0.25) is 0 Å². The van der Waals surface area contributed by atoms with E-state index in [-0.39, 0.29) is 5.54 Å². The summed E-state index contributed by atoms with van der Waals surface area (Å²) >= 11 is 0. The van der Waals surface area contributed by atoms with Crippen molar-refractivity contribution in [3.05, 3.63) is 36.0 Å². The zero-order chi connectivity index (χ0) is 12.6. The average Bonchev–Trinajstić information content (AvgIpc) is 2.85. The summed E-state index contributed by atoms with van der Waals surface area (Å²) < 4.78 is 5.32. The topological polar surface area (TPSA) is 34.1 Å². The molecule has 3 heteroatoms. The third-order valence-corrected chi connectivity index (χ3v) is 3.91. The monoisotopic (exact) mass is 242 g/mol. The quantitative estimate of drug-likeness (QED) is 0.879. The number of methoxy groups -OCH3 is 1. The summed E-state index contributed by atoms with van der Waals surface area (Å²) in [6.45, 7) is 3.36. The van der Waals surface area contributed by atoms with Crippen molar-refractivity contribution < 1.29 is 4.74 Å². The van der Waals surface area contributed by atoms with Crippen LogP contribution >= 0.6 is 0 Å². The Morgan fingerprint density at radius 3 is 2.94 bits per heavy atom. The Kier molecular flexibility index (Phi) is 2.71. The Morgan fingerprint density at radius 1 is 1.33 bits per heavy atom. The van der Waals surface area contributed by atoms with Crippen molar-refractivity contribution in [2.75, 3.05) is 13.7 Å². The number of benzene rings is 1. The van der Waals surface area contributed by atoms with Crippen LogP contribution < -0.4 is 10.1 Å². The number of nitrogens with one attached hydrogen (secondary N) is 1. The lowest BCUT2D eigenvalue weighted by Gasteiger charge is -2.26. The summed E-state index contributed by atoms with van der Waals surface area (Å²) in [6, 6.07) is 8.20. The van der Waals surface area contributed by atoms with Crippen LogP contribution in [0.4, 0.5) is 0 Å². The Labute approximate surface area is 107 Å². The highest BCUT2D eigenvalue weighted by Crippen LogP contribution is 2.35. The molecule has 1 aromatic carbocycles. The predicted octanol–water partition coefficient (Wildman–Crippen LogP) is 2.84. The van der Waals surface area contributed by atoms with Gasteiger partial charge in [-0.15, -0.1) is 0 Å². The minimum atomic E-state index is 0.0631. The van der Waals surface area contributed by atoms with Gasteiger partial charge in [-0.05, 0) is 56.1 Å². The maximum Gasteiger partial charge on any atom is 0.119 e. The van der Waals surface area contributed by atoms with Crippen LogP contribution in [0.25, 0.3) is 10.9 Å². The maximum absolute atomic E-state index is 5.32. The van der Waals surface area contributed by atoms with E-state index in [0.29, 0.717) is 0 Å². The highest BCUT2D eigenvalue weighted by molar-refractivity contribution is 5.84. The second-order valence-electron chi connectivity index (χ2n) is 5.10. The highest BCUT2D eigenvalue weighted by atomic mass is 16.5. The molecular formula is C15H18N2O. The second-order valence-corrected chi connectivity index (χ2v) is 5.10. The van der Waals surface area contributed by atoms with E-state index in [0.717, 1.165) is 17.8 Å². The molecule has 3 rings (SSSR count). The zero-order valence-corrected chi connectivity index (χ0v) is 10.9. The first-order valence-corrected chi connectivity index (χ1v) is 6.41. The third kappa shape index (κ3) is 1.75. The Bertz CT molecular complexity index is 574. The number of rotatable bonds is 2. The number of pyridine rings is 1. The van der Waals surface area contributed by atoms with Gasteiger partial charge in [0.05, 0.1) is 12.6 Å². The van der Waals surface area contributed by atoms with Gasteiger partial charge in [-0.25, -0.2) is 0 Å². The molecule has 2 heterocycles. The molecular weight excluding hydrogens is 224 g/mol. The Hall–Kier alpha value is -1.61. The minimum absolute atomic E-state index is 0.0631. The normalized spacial score (nSPS) is 23.4. The summed E-state index contributed by atoms with van der Waals surface area (Å²) in [5.41, 5.74) is 2.42. The molecule has 1 atom stereocenters. The molecule has 0 bridgehead atoms. The largest absolute Gasteiger partial charge is 0.497 e. The second kappa shape index (κ2) is 4.25. The van der Waals surface area contributed by atoms with Crippen molar-refractivity contribution in [1.82, 2.24) is 10.3 Å². The van der Waals surface area contributed by atoms with Crippen LogP contribution in [0.3, 0.4) is 0 Å². The van der Waals surface area contributed by atoms with Crippen LogP contribution in [-0.4, -0.2) is 18.6 Å². The van der Waals surface area contributed by atoms with Gasteiger partial charge in [-0.3, -0.25) is 4.98 Å². The highest BCUT2D eigenvalue weighted by Gasteiger charge is 2.31. The molecule has 18 heavy (non-hydrogen) atoms. The molecule has 1 N–H and O–H groups in total. The minimum Gasteiger partial charge on any atom is -0.497 e. The molecule has 1 aromatic heterocycles. The maximum atomic E-state index is 5.32. The fraction of sp³-hybridized carbons (Fsp3) is 0.400. The Morgan fingerprint density at radius 2 is 2.22 bits per heavy atom. The molecule has 1 aliphatic heterocycles. The molecule has 2 aromatic rings. The van der Waals surface area contributed by atoms with E-state index in [1.165, 1.54) is 23.8 Å². The van der Waals surface area contributed by atoms with Crippen molar-refractivity contribution in [3.8, 4) is 5.75 Å². The summed E-state index contributed by atoms with van der Waals surface area (Å²) in [4.78, 5) is 4.44. The Balaban J connectivity index is 2.21.